The van der Waals surface area contributed by atoms with E-state index in [1.54, 1.807) is 6.92 Å². The summed E-state index contributed by atoms with van der Waals surface area (Å²) in [7, 11) is 1.39. The van der Waals surface area contributed by atoms with Crippen LogP contribution in [0.4, 0.5) is 11.5 Å². The number of nitrogens with one attached hydrogen (secondary N) is 2. The van der Waals surface area contributed by atoms with E-state index in [0.717, 1.165) is 4.57 Å². The van der Waals surface area contributed by atoms with Gasteiger partial charge in [-0.2, -0.15) is 0 Å². The largest absolute Gasteiger partial charge is 0.383 e. The van der Waals surface area contributed by atoms with Crippen molar-refractivity contribution in [3.63, 3.8) is 0 Å². The van der Waals surface area contributed by atoms with Gasteiger partial charge in [0, 0.05) is 20.1 Å². The van der Waals surface area contributed by atoms with Crippen molar-refractivity contribution in [3.05, 3.63) is 20.8 Å². The summed E-state index contributed by atoms with van der Waals surface area (Å²) in [5, 5.41) is 5.33. The van der Waals surface area contributed by atoms with E-state index >= 15 is 0 Å². The topological polar surface area (TPSA) is 111 Å². The number of nitrogens with zero attached hydrogens (tertiary/aromatic N) is 2. The second-order valence-corrected chi connectivity index (χ2v) is 5.22. The quantitative estimate of drug-likeness (QED) is 0.645. The van der Waals surface area contributed by atoms with Crippen LogP contribution in [0, 0.1) is 5.92 Å². The molecule has 0 aliphatic carbocycles. The van der Waals surface area contributed by atoms with E-state index < -0.39 is 11.2 Å². The van der Waals surface area contributed by atoms with E-state index in [1.165, 1.54) is 11.6 Å². The minimum Gasteiger partial charge on any atom is -0.383 e. The Labute approximate surface area is 122 Å². The van der Waals surface area contributed by atoms with Gasteiger partial charge in [0.2, 0.25) is 5.91 Å². The smallest absolute Gasteiger partial charge is 0.332 e. The molecule has 8 nitrogen and oxygen atoms in total. The van der Waals surface area contributed by atoms with Crippen LogP contribution in [0.1, 0.15) is 20.8 Å². The molecule has 1 aromatic heterocycles. The Bertz CT molecular complexity index is 630. The zero-order valence-corrected chi connectivity index (χ0v) is 12.9. The first-order valence-corrected chi connectivity index (χ1v) is 6.89. The van der Waals surface area contributed by atoms with Crippen LogP contribution in [0.3, 0.4) is 0 Å². The monoisotopic (exact) mass is 297 g/mol. The van der Waals surface area contributed by atoms with Gasteiger partial charge in [-0.3, -0.25) is 18.7 Å². The second-order valence-electron chi connectivity index (χ2n) is 5.22. The lowest BCUT2D eigenvalue weighted by Crippen LogP contribution is -2.42. The van der Waals surface area contributed by atoms with Crippen molar-refractivity contribution in [1.82, 2.24) is 14.5 Å². The number of rotatable bonds is 6. The summed E-state index contributed by atoms with van der Waals surface area (Å²) in [6.07, 6.45) is 0. The lowest BCUT2D eigenvalue weighted by Gasteiger charge is -2.17. The number of hydrogen-bond acceptors (Lipinski definition) is 5. The molecule has 0 aliphatic heterocycles. The molecule has 0 radical (unpaired) electrons. The Morgan fingerprint density at radius 3 is 2.48 bits per heavy atom. The van der Waals surface area contributed by atoms with Crippen LogP contribution < -0.4 is 27.6 Å². The van der Waals surface area contributed by atoms with Crippen LogP contribution in [0.5, 0.6) is 0 Å². The van der Waals surface area contributed by atoms with Gasteiger partial charge in [-0.1, -0.05) is 13.8 Å². The highest BCUT2D eigenvalue weighted by molar-refractivity contribution is 5.81. The normalized spacial score (nSPS) is 10.7. The maximum atomic E-state index is 12.1. The van der Waals surface area contributed by atoms with Crippen molar-refractivity contribution in [2.24, 2.45) is 13.0 Å². The average molecular weight is 297 g/mol. The van der Waals surface area contributed by atoms with Gasteiger partial charge in [-0.05, 0) is 12.8 Å². The van der Waals surface area contributed by atoms with Crippen LogP contribution in [-0.4, -0.2) is 28.1 Å². The third kappa shape index (κ3) is 3.87. The van der Waals surface area contributed by atoms with E-state index in [2.05, 4.69) is 10.6 Å². The van der Waals surface area contributed by atoms with Crippen LogP contribution in [0.25, 0.3) is 0 Å². The maximum absolute atomic E-state index is 12.1. The summed E-state index contributed by atoms with van der Waals surface area (Å²) in [4.78, 5) is 35.6. The first-order chi connectivity index (χ1) is 9.79. The Morgan fingerprint density at radius 2 is 1.95 bits per heavy atom. The van der Waals surface area contributed by atoms with Crippen molar-refractivity contribution in [1.29, 1.82) is 0 Å². The zero-order valence-electron chi connectivity index (χ0n) is 12.9. The van der Waals surface area contributed by atoms with E-state index in [4.69, 9.17) is 5.73 Å². The van der Waals surface area contributed by atoms with E-state index in [0.29, 0.717) is 13.1 Å². The number of anilines is 2. The molecule has 1 rings (SSSR count). The summed E-state index contributed by atoms with van der Waals surface area (Å²) in [5.41, 5.74) is 4.99. The van der Waals surface area contributed by atoms with E-state index in [-0.39, 0.29) is 29.9 Å². The van der Waals surface area contributed by atoms with Gasteiger partial charge in [0.1, 0.15) is 11.5 Å². The molecule has 0 aliphatic rings. The van der Waals surface area contributed by atoms with Crippen molar-refractivity contribution in [2.75, 3.05) is 24.1 Å². The minimum absolute atomic E-state index is 0.0566. The molecular weight excluding hydrogens is 274 g/mol. The number of likely N-dealkylation sites (N-methyl/N-ethyl adjacent to an activating group) is 1. The summed E-state index contributed by atoms with van der Waals surface area (Å²) in [6.45, 7) is 6.51. The molecule has 0 saturated carbocycles. The van der Waals surface area contributed by atoms with Gasteiger partial charge >= 0.3 is 5.69 Å². The highest BCUT2D eigenvalue weighted by Gasteiger charge is 2.16. The lowest BCUT2D eigenvalue weighted by molar-refractivity contribution is -0.119. The predicted molar refractivity (Wildman–Crippen MR) is 82.4 cm³/mol. The SMILES string of the molecule is CCNC(=O)CNc1c(N)n(CC(C)C)c(=O)n(C)c1=O. The van der Waals surface area contributed by atoms with Gasteiger partial charge in [-0.15, -0.1) is 0 Å². The average Bonchev–Trinajstić information content (AvgIpc) is 2.41. The number of nitrogen functional groups attached to an aromatic ring is 1. The first kappa shape index (κ1) is 16.8. The zero-order chi connectivity index (χ0) is 16.2. The number of carbonyl (C=O) groups is 1. The third-order valence-electron chi connectivity index (χ3n) is 2.93. The van der Waals surface area contributed by atoms with Crippen LogP contribution in [0.15, 0.2) is 9.59 Å². The highest BCUT2D eigenvalue weighted by atomic mass is 16.2. The second kappa shape index (κ2) is 6.96. The molecule has 0 spiro atoms. The molecule has 0 saturated heterocycles. The molecule has 21 heavy (non-hydrogen) atoms. The van der Waals surface area contributed by atoms with E-state index in [1.807, 2.05) is 13.8 Å². The lowest BCUT2D eigenvalue weighted by atomic mass is 10.2. The molecule has 8 heteroatoms. The fourth-order valence-corrected chi connectivity index (χ4v) is 1.92. The van der Waals surface area contributed by atoms with Crippen molar-refractivity contribution >= 4 is 17.4 Å². The Hall–Kier alpha value is -2.25. The third-order valence-corrected chi connectivity index (χ3v) is 2.93. The van der Waals surface area contributed by atoms with Crippen LogP contribution >= 0.6 is 0 Å². The Balaban J connectivity index is 3.20. The molecule has 118 valence electrons. The number of aromatic nitrogens is 2. The van der Waals surface area contributed by atoms with Crippen molar-refractivity contribution in [2.45, 2.75) is 27.3 Å². The molecule has 4 N–H and O–H groups in total. The summed E-state index contributed by atoms with van der Waals surface area (Å²) in [6, 6.07) is 0. The standard InChI is InChI=1S/C13H23N5O3/c1-5-15-9(19)6-16-10-11(14)18(7-8(2)3)13(21)17(4)12(10)20/h8,16H,5-7,14H2,1-4H3,(H,15,19). The molecule has 0 unspecified atom stereocenters. The number of hydrogen-bond donors (Lipinski definition) is 3. The molecule has 0 atom stereocenters. The molecule has 0 fully saturated rings. The van der Waals surface area contributed by atoms with Gasteiger partial charge in [-0.25, -0.2) is 4.79 Å². The van der Waals surface area contributed by atoms with E-state index in [9.17, 15) is 14.4 Å². The van der Waals surface area contributed by atoms with Gasteiger partial charge < -0.3 is 16.4 Å². The van der Waals surface area contributed by atoms with Crippen LogP contribution in [-0.2, 0) is 18.4 Å². The molecule has 0 aromatic carbocycles. The van der Waals surface area contributed by atoms with Gasteiger partial charge in [0.05, 0.1) is 6.54 Å². The van der Waals surface area contributed by atoms with Crippen LogP contribution in [0.2, 0.25) is 0 Å². The van der Waals surface area contributed by atoms with Gasteiger partial charge in [0.25, 0.3) is 5.56 Å². The fourth-order valence-electron chi connectivity index (χ4n) is 1.92. The Morgan fingerprint density at radius 1 is 1.33 bits per heavy atom. The first-order valence-electron chi connectivity index (χ1n) is 6.89. The predicted octanol–water partition coefficient (Wildman–Crippen LogP) is -0.667. The Kier molecular flexibility index (Phi) is 5.57. The molecule has 1 aromatic rings. The summed E-state index contributed by atoms with van der Waals surface area (Å²) in [5.74, 6) is 0.000373. The van der Waals surface area contributed by atoms with Gasteiger partial charge in [0.15, 0.2) is 0 Å². The van der Waals surface area contributed by atoms with Crippen molar-refractivity contribution < 1.29 is 4.79 Å². The minimum atomic E-state index is -0.540. The fraction of sp³-hybridized carbons (Fsp3) is 0.615. The number of nitrogens with two attached hydrogens (primary N) is 1. The maximum Gasteiger partial charge on any atom is 0.332 e. The molecular formula is C13H23N5O3. The summed E-state index contributed by atoms with van der Waals surface area (Å²) < 4.78 is 2.32. The number of amides is 1. The van der Waals surface area contributed by atoms with Crippen molar-refractivity contribution in [3.8, 4) is 0 Å². The summed E-state index contributed by atoms with van der Waals surface area (Å²) >= 11 is 0. The molecule has 1 heterocycles. The molecule has 1 amide bonds. The number of carbonyl (C=O) groups excluding carboxylic acids is 1. The molecule has 0 bridgehead atoms. The highest BCUT2D eigenvalue weighted by Crippen LogP contribution is 2.12.